The number of aryl methyl sites for hydroxylation is 4. The maximum atomic E-state index is 10.8. The fourth-order valence-corrected chi connectivity index (χ4v) is 4.76. The molecular formula is C26H26N4O2. The van der Waals surface area contributed by atoms with Gasteiger partial charge in [0.15, 0.2) is 6.29 Å². The van der Waals surface area contributed by atoms with Gasteiger partial charge in [-0.2, -0.15) is 0 Å². The highest BCUT2D eigenvalue weighted by Gasteiger charge is 2.20. The molecule has 2 aliphatic heterocycles. The molecule has 2 aliphatic rings. The van der Waals surface area contributed by atoms with E-state index in [-0.39, 0.29) is 6.61 Å². The lowest BCUT2D eigenvalue weighted by molar-refractivity contribution is 0.111. The highest BCUT2D eigenvalue weighted by atomic mass is 16.3. The molecule has 0 unspecified atom stereocenters. The van der Waals surface area contributed by atoms with E-state index < -0.39 is 0 Å². The van der Waals surface area contributed by atoms with Crippen molar-refractivity contribution >= 4 is 6.29 Å². The molecule has 0 bridgehead atoms. The van der Waals surface area contributed by atoms with Gasteiger partial charge in [0.1, 0.15) is 12.0 Å². The highest BCUT2D eigenvalue weighted by molar-refractivity contribution is 5.74. The highest BCUT2D eigenvalue weighted by Crippen LogP contribution is 2.28. The number of hydrogen-bond acceptors (Lipinski definition) is 4. The number of aliphatic hydroxyl groups excluding tert-OH is 1. The van der Waals surface area contributed by atoms with Gasteiger partial charge in [0.05, 0.1) is 30.0 Å². The summed E-state index contributed by atoms with van der Waals surface area (Å²) in [4.78, 5) is 19.2. The van der Waals surface area contributed by atoms with Gasteiger partial charge in [-0.05, 0) is 62.8 Å². The number of hydrogen-bond donors (Lipinski definition) is 1. The van der Waals surface area contributed by atoms with Gasteiger partial charge in [0.25, 0.3) is 0 Å². The van der Waals surface area contributed by atoms with Gasteiger partial charge in [-0.3, -0.25) is 4.79 Å². The number of carbonyl (C=O) groups excluding carboxylic acids is 1. The van der Waals surface area contributed by atoms with Crippen molar-refractivity contribution in [3.05, 3.63) is 94.1 Å². The third-order valence-electron chi connectivity index (χ3n) is 6.36. The van der Waals surface area contributed by atoms with Crippen LogP contribution in [0.3, 0.4) is 0 Å². The standard InChI is InChI=1S/C13H14N2O.C13H12N2O/c2*1-9-2-4-12-10(6-9)3-5-13-11(7-16)14-8-15(12)13/h2,4,6,8,16H,3,5,7H2,1H3;2,4,6-8H,3,5H2,1H3. The van der Waals surface area contributed by atoms with E-state index >= 15 is 0 Å². The molecule has 0 fully saturated rings. The van der Waals surface area contributed by atoms with Crippen molar-refractivity contribution in [1.82, 2.24) is 19.1 Å². The maximum absolute atomic E-state index is 10.8. The number of benzene rings is 2. The predicted molar refractivity (Wildman–Crippen MR) is 123 cm³/mol. The third kappa shape index (κ3) is 3.46. The first kappa shape index (κ1) is 20.4. The molecule has 2 aromatic heterocycles. The molecule has 0 amide bonds. The molecule has 4 heterocycles. The predicted octanol–water partition coefficient (Wildman–Crippen LogP) is 3.86. The minimum absolute atomic E-state index is 0.0313. The van der Waals surface area contributed by atoms with Gasteiger partial charge in [-0.1, -0.05) is 35.4 Å². The molecule has 0 atom stereocenters. The summed E-state index contributed by atoms with van der Waals surface area (Å²) in [6, 6.07) is 12.9. The van der Waals surface area contributed by atoms with Crippen LogP contribution in [0.15, 0.2) is 49.1 Å². The molecule has 1 N–H and O–H groups in total. The van der Waals surface area contributed by atoms with E-state index in [0.717, 1.165) is 54.7 Å². The molecule has 0 saturated carbocycles. The lowest BCUT2D eigenvalue weighted by Gasteiger charge is -2.19. The molecule has 6 rings (SSSR count). The summed E-state index contributed by atoms with van der Waals surface area (Å²) in [5.74, 6) is 0. The summed E-state index contributed by atoms with van der Waals surface area (Å²) in [6.45, 7) is 4.24. The van der Waals surface area contributed by atoms with Crippen molar-refractivity contribution in [2.75, 3.05) is 0 Å². The van der Waals surface area contributed by atoms with Crippen molar-refractivity contribution in [2.24, 2.45) is 0 Å². The van der Waals surface area contributed by atoms with Crippen LogP contribution in [0, 0.1) is 13.8 Å². The first-order valence-electron chi connectivity index (χ1n) is 11.0. The van der Waals surface area contributed by atoms with E-state index in [1.807, 2.05) is 10.9 Å². The Kier molecular flexibility index (Phi) is 5.23. The Balaban J connectivity index is 0.000000135. The van der Waals surface area contributed by atoms with Crippen LogP contribution in [0.4, 0.5) is 0 Å². The van der Waals surface area contributed by atoms with Crippen molar-refractivity contribution in [3.8, 4) is 11.4 Å². The van der Waals surface area contributed by atoms with Gasteiger partial charge in [0, 0.05) is 11.4 Å². The molecule has 4 aromatic rings. The summed E-state index contributed by atoms with van der Waals surface area (Å²) < 4.78 is 4.13. The van der Waals surface area contributed by atoms with E-state index in [0.29, 0.717) is 5.69 Å². The Morgan fingerprint density at radius 3 is 2.00 bits per heavy atom. The quantitative estimate of drug-likeness (QED) is 0.494. The van der Waals surface area contributed by atoms with Crippen LogP contribution in [0.5, 0.6) is 0 Å². The molecule has 32 heavy (non-hydrogen) atoms. The van der Waals surface area contributed by atoms with Crippen molar-refractivity contribution < 1.29 is 9.90 Å². The molecule has 2 aromatic carbocycles. The second-order valence-electron chi connectivity index (χ2n) is 8.49. The molecule has 0 saturated heterocycles. The van der Waals surface area contributed by atoms with Crippen LogP contribution in [0.2, 0.25) is 0 Å². The average Bonchev–Trinajstić information content (AvgIpc) is 3.42. The second-order valence-corrected chi connectivity index (χ2v) is 8.49. The largest absolute Gasteiger partial charge is 0.390 e. The van der Waals surface area contributed by atoms with Crippen LogP contribution < -0.4 is 0 Å². The number of rotatable bonds is 2. The Morgan fingerprint density at radius 2 is 1.41 bits per heavy atom. The van der Waals surface area contributed by atoms with Gasteiger partial charge in [-0.15, -0.1) is 0 Å². The minimum Gasteiger partial charge on any atom is -0.390 e. The monoisotopic (exact) mass is 426 g/mol. The maximum Gasteiger partial charge on any atom is 0.170 e. The summed E-state index contributed by atoms with van der Waals surface area (Å²) in [7, 11) is 0. The van der Waals surface area contributed by atoms with Crippen molar-refractivity contribution in [3.63, 3.8) is 0 Å². The van der Waals surface area contributed by atoms with Gasteiger partial charge in [0.2, 0.25) is 0 Å². The third-order valence-corrected chi connectivity index (χ3v) is 6.36. The smallest absolute Gasteiger partial charge is 0.170 e. The molecule has 0 aliphatic carbocycles. The van der Waals surface area contributed by atoms with Crippen LogP contribution in [0.25, 0.3) is 11.4 Å². The fourth-order valence-electron chi connectivity index (χ4n) is 4.76. The lowest BCUT2D eigenvalue weighted by Crippen LogP contribution is -2.12. The molecule has 0 spiro atoms. The van der Waals surface area contributed by atoms with E-state index in [1.165, 1.54) is 27.9 Å². The number of carbonyl (C=O) groups is 1. The van der Waals surface area contributed by atoms with E-state index in [4.69, 9.17) is 0 Å². The lowest BCUT2D eigenvalue weighted by atomic mass is 9.99. The van der Waals surface area contributed by atoms with E-state index in [1.54, 1.807) is 6.33 Å². The zero-order valence-corrected chi connectivity index (χ0v) is 18.4. The summed E-state index contributed by atoms with van der Waals surface area (Å²) in [5, 5.41) is 9.20. The number of aliphatic hydroxyl groups is 1. The molecule has 6 heteroatoms. The number of fused-ring (bicyclic) bond motifs is 6. The summed E-state index contributed by atoms with van der Waals surface area (Å²) >= 11 is 0. The molecule has 6 nitrogen and oxygen atoms in total. The summed E-state index contributed by atoms with van der Waals surface area (Å²) in [5.41, 5.74) is 11.2. The zero-order valence-electron chi connectivity index (χ0n) is 18.4. The van der Waals surface area contributed by atoms with Crippen LogP contribution in [0.1, 0.15) is 49.8 Å². The Hall–Kier alpha value is -3.51. The molecule has 162 valence electrons. The van der Waals surface area contributed by atoms with Crippen LogP contribution in [-0.2, 0) is 32.3 Å². The zero-order chi connectivity index (χ0) is 22.2. The second kappa shape index (κ2) is 8.20. The van der Waals surface area contributed by atoms with Crippen LogP contribution >= 0.6 is 0 Å². The Morgan fingerprint density at radius 1 is 0.844 bits per heavy atom. The topological polar surface area (TPSA) is 72.9 Å². The summed E-state index contributed by atoms with van der Waals surface area (Å²) in [6.07, 6.45) is 8.28. The molecule has 0 radical (unpaired) electrons. The Labute approximate surface area is 187 Å². The minimum atomic E-state index is 0.0313. The van der Waals surface area contributed by atoms with E-state index in [2.05, 4.69) is 64.8 Å². The SMILES string of the molecule is Cc1ccc2c(c1)CCc1c(C=O)ncn1-2.Cc1ccc2c(c1)CCc1c(CO)ncn1-2. The van der Waals surface area contributed by atoms with Gasteiger partial charge < -0.3 is 14.2 Å². The first-order chi connectivity index (χ1) is 15.6. The number of imidazole rings is 2. The molecular weight excluding hydrogens is 400 g/mol. The average molecular weight is 427 g/mol. The van der Waals surface area contributed by atoms with Crippen LogP contribution in [-0.4, -0.2) is 30.5 Å². The van der Waals surface area contributed by atoms with E-state index in [9.17, 15) is 9.90 Å². The number of aldehydes is 1. The number of aromatic nitrogens is 4. The van der Waals surface area contributed by atoms with Gasteiger partial charge in [-0.25, -0.2) is 9.97 Å². The first-order valence-corrected chi connectivity index (χ1v) is 11.0. The normalized spacial score (nSPS) is 13.2. The van der Waals surface area contributed by atoms with Crippen molar-refractivity contribution in [1.29, 1.82) is 0 Å². The van der Waals surface area contributed by atoms with Gasteiger partial charge >= 0.3 is 0 Å². The fraction of sp³-hybridized carbons (Fsp3) is 0.269. The Bertz CT molecular complexity index is 1320. The van der Waals surface area contributed by atoms with Crippen molar-refractivity contribution in [2.45, 2.75) is 46.1 Å². The number of nitrogens with zero attached hydrogens (tertiary/aromatic N) is 4.